The summed E-state index contributed by atoms with van der Waals surface area (Å²) >= 11 is 0. The third-order valence-electron chi connectivity index (χ3n) is 3.27. The molecule has 1 aromatic heterocycles. The van der Waals surface area contributed by atoms with Crippen molar-refractivity contribution in [3.63, 3.8) is 0 Å². The van der Waals surface area contributed by atoms with Crippen molar-refractivity contribution in [2.45, 2.75) is 46.1 Å². The monoisotopic (exact) mass is 223 g/mol. The van der Waals surface area contributed by atoms with Gasteiger partial charge >= 0.3 is 0 Å². The van der Waals surface area contributed by atoms with Gasteiger partial charge in [0.2, 0.25) is 0 Å². The number of rotatable bonds is 6. The van der Waals surface area contributed by atoms with Gasteiger partial charge in [0.1, 0.15) is 0 Å². The van der Waals surface area contributed by atoms with E-state index >= 15 is 0 Å². The molecule has 1 aromatic rings. The van der Waals surface area contributed by atoms with E-state index in [-0.39, 0.29) is 0 Å². The summed E-state index contributed by atoms with van der Waals surface area (Å²) < 4.78 is 2.02. The maximum Gasteiger partial charge on any atom is 0.0625 e. The van der Waals surface area contributed by atoms with E-state index in [1.165, 1.54) is 24.2 Å². The third-order valence-corrected chi connectivity index (χ3v) is 3.27. The van der Waals surface area contributed by atoms with Gasteiger partial charge in [0, 0.05) is 7.05 Å². The second-order valence-electron chi connectivity index (χ2n) is 4.57. The minimum atomic E-state index is 0.415. The van der Waals surface area contributed by atoms with Gasteiger partial charge in [-0.2, -0.15) is 5.10 Å². The quantitative estimate of drug-likeness (QED) is 0.803. The number of aryl methyl sites for hydroxylation is 2. The Hall–Kier alpha value is -0.830. The Balaban J connectivity index is 2.89. The normalized spacial score (nSPS) is 15.1. The van der Waals surface area contributed by atoms with E-state index in [0.717, 1.165) is 6.42 Å². The molecule has 16 heavy (non-hydrogen) atoms. The summed E-state index contributed by atoms with van der Waals surface area (Å²) in [5.41, 5.74) is 2.49. The maximum atomic E-state index is 4.52. The van der Waals surface area contributed by atoms with E-state index in [4.69, 9.17) is 0 Å². The number of aromatic nitrogens is 2. The highest BCUT2D eigenvalue weighted by Gasteiger charge is 2.20. The molecule has 0 saturated heterocycles. The van der Waals surface area contributed by atoms with Gasteiger partial charge in [-0.1, -0.05) is 27.2 Å². The summed E-state index contributed by atoms with van der Waals surface area (Å²) in [7, 11) is 4.08. The van der Waals surface area contributed by atoms with Crippen molar-refractivity contribution in [2.75, 3.05) is 7.05 Å². The molecule has 1 N–H and O–H groups in total. The molecule has 0 aliphatic heterocycles. The van der Waals surface area contributed by atoms with Crippen LogP contribution in [-0.2, 0) is 13.5 Å². The highest BCUT2D eigenvalue weighted by Crippen LogP contribution is 2.25. The molecular weight excluding hydrogens is 198 g/mol. The molecule has 0 fully saturated rings. The van der Waals surface area contributed by atoms with Crippen LogP contribution in [0.5, 0.6) is 0 Å². The highest BCUT2D eigenvalue weighted by molar-refractivity contribution is 5.15. The molecular formula is C13H25N3. The fraction of sp³-hybridized carbons (Fsp3) is 0.769. The topological polar surface area (TPSA) is 29.9 Å². The minimum Gasteiger partial charge on any atom is -0.311 e. The summed E-state index contributed by atoms with van der Waals surface area (Å²) in [6.07, 6.45) is 3.49. The van der Waals surface area contributed by atoms with Gasteiger partial charge in [-0.05, 0) is 31.9 Å². The second kappa shape index (κ2) is 6.04. The summed E-state index contributed by atoms with van der Waals surface area (Å²) in [5.74, 6) is 0.648. The van der Waals surface area contributed by atoms with E-state index in [9.17, 15) is 0 Å². The molecule has 2 atom stereocenters. The van der Waals surface area contributed by atoms with Crippen LogP contribution in [0, 0.1) is 5.92 Å². The summed E-state index contributed by atoms with van der Waals surface area (Å²) in [6.45, 7) is 6.70. The van der Waals surface area contributed by atoms with Gasteiger partial charge in [0.05, 0.1) is 17.4 Å². The smallest absolute Gasteiger partial charge is 0.0625 e. The molecule has 0 aliphatic carbocycles. The first-order chi connectivity index (χ1) is 7.63. The molecule has 2 unspecified atom stereocenters. The van der Waals surface area contributed by atoms with Crippen LogP contribution in [0.4, 0.5) is 0 Å². The lowest BCUT2D eigenvalue weighted by atomic mass is 9.94. The molecule has 0 amide bonds. The van der Waals surface area contributed by atoms with Crippen LogP contribution in [0.3, 0.4) is 0 Å². The van der Waals surface area contributed by atoms with E-state index < -0.39 is 0 Å². The molecule has 0 saturated carbocycles. The standard InChI is InChI=1S/C13H25N3/c1-6-8-10(3)13(14-4)12-9-11(7-2)15-16(12)5/h9-10,13-14H,6-8H2,1-5H3. The van der Waals surface area contributed by atoms with E-state index in [0.29, 0.717) is 12.0 Å². The van der Waals surface area contributed by atoms with E-state index in [1.54, 1.807) is 0 Å². The van der Waals surface area contributed by atoms with Crippen molar-refractivity contribution < 1.29 is 0 Å². The van der Waals surface area contributed by atoms with Crippen LogP contribution >= 0.6 is 0 Å². The lowest BCUT2D eigenvalue weighted by molar-refractivity contribution is 0.366. The fourth-order valence-corrected chi connectivity index (χ4v) is 2.35. The van der Waals surface area contributed by atoms with Crippen LogP contribution in [-0.4, -0.2) is 16.8 Å². The van der Waals surface area contributed by atoms with Crippen LogP contribution in [0.25, 0.3) is 0 Å². The van der Waals surface area contributed by atoms with Crippen molar-refractivity contribution in [2.24, 2.45) is 13.0 Å². The van der Waals surface area contributed by atoms with Crippen LogP contribution in [0.15, 0.2) is 6.07 Å². The Labute approximate surface area is 99.2 Å². The zero-order valence-corrected chi connectivity index (χ0v) is 11.2. The summed E-state index contributed by atoms with van der Waals surface area (Å²) in [6, 6.07) is 2.64. The Morgan fingerprint density at radius 1 is 1.44 bits per heavy atom. The molecule has 3 nitrogen and oxygen atoms in total. The molecule has 0 aliphatic rings. The largest absolute Gasteiger partial charge is 0.311 e. The molecule has 0 radical (unpaired) electrons. The zero-order valence-electron chi connectivity index (χ0n) is 11.2. The number of hydrogen-bond acceptors (Lipinski definition) is 2. The van der Waals surface area contributed by atoms with Crippen molar-refractivity contribution in [3.8, 4) is 0 Å². The average Bonchev–Trinajstić information content (AvgIpc) is 2.62. The second-order valence-corrected chi connectivity index (χ2v) is 4.57. The van der Waals surface area contributed by atoms with Crippen molar-refractivity contribution in [3.05, 3.63) is 17.5 Å². The predicted molar refractivity (Wildman–Crippen MR) is 68.5 cm³/mol. The Kier molecular flexibility index (Phi) is 5.00. The van der Waals surface area contributed by atoms with E-state index in [2.05, 4.69) is 37.3 Å². The van der Waals surface area contributed by atoms with Crippen LogP contribution in [0.2, 0.25) is 0 Å². The Bertz CT molecular complexity index is 317. The van der Waals surface area contributed by atoms with Crippen molar-refractivity contribution >= 4 is 0 Å². The van der Waals surface area contributed by atoms with Gasteiger partial charge in [-0.3, -0.25) is 4.68 Å². The fourth-order valence-electron chi connectivity index (χ4n) is 2.35. The molecule has 92 valence electrons. The van der Waals surface area contributed by atoms with E-state index in [1.807, 2.05) is 18.8 Å². The first kappa shape index (κ1) is 13.2. The maximum absolute atomic E-state index is 4.52. The lowest BCUT2D eigenvalue weighted by Gasteiger charge is -2.23. The van der Waals surface area contributed by atoms with Gasteiger partial charge < -0.3 is 5.32 Å². The molecule has 1 heterocycles. The SMILES string of the molecule is CCCC(C)C(NC)c1cc(CC)nn1C. The van der Waals surface area contributed by atoms with Gasteiger partial charge in [0.15, 0.2) is 0 Å². The number of nitrogens with one attached hydrogen (secondary N) is 1. The molecule has 0 spiro atoms. The first-order valence-corrected chi connectivity index (χ1v) is 6.34. The predicted octanol–water partition coefficient (Wildman–Crippen LogP) is 2.68. The van der Waals surface area contributed by atoms with Crippen LogP contribution < -0.4 is 5.32 Å². The molecule has 1 rings (SSSR count). The summed E-state index contributed by atoms with van der Waals surface area (Å²) in [4.78, 5) is 0. The minimum absolute atomic E-state index is 0.415. The van der Waals surface area contributed by atoms with Gasteiger partial charge in [0.25, 0.3) is 0 Å². The lowest BCUT2D eigenvalue weighted by Crippen LogP contribution is -2.25. The molecule has 0 bridgehead atoms. The third kappa shape index (κ3) is 2.85. The first-order valence-electron chi connectivity index (χ1n) is 6.34. The number of nitrogens with zero attached hydrogens (tertiary/aromatic N) is 2. The average molecular weight is 223 g/mol. The van der Waals surface area contributed by atoms with Crippen molar-refractivity contribution in [1.29, 1.82) is 0 Å². The van der Waals surface area contributed by atoms with Crippen molar-refractivity contribution in [1.82, 2.24) is 15.1 Å². The zero-order chi connectivity index (χ0) is 12.1. The van der Waals surface area contributed by atoms with Gasteiger partial charge in [-0.25, -0.2) is 0 Å². The summed E-state index contributed by atoms with van der Waals surface area (Å²) in [5, 5.41) is 7.94. The Morgan fingerprint density at radius 2 is 2.12 bits per heavy atom. The highest BCUT2D eigenvalue weighted by atomic mass is 15.3. The van der Waals surface area contributed by atoms with Gasteiger partial charge in [-0.15, -0.1) is 0 Å². The Morgan fingerprint density at radius 3 is 2.56 bits per heavy atom. The number of hydrogen-bond donors (Lipinski definition) is 1. The molecule has 0 aromatic carbocycles. The molecule has 3 heteroatoms. The van der Waals surface area contributed by atoms with Crippen LogP contribution in [0.1, 0.15) is 51.0 Å².